The molecule has 2 saturated heterocycles. The summed E-state index contributed by atoms with van der Waals surface area (Å²) in [7, 11) is 4.25. The smallest absolute Gasteiger partial charge is 0.333 e. The number of likely N-dealkylation sites (N-methyl/N-ethyl adjacent to an activating group) is 1. The van der Waals surface area contributed by atoms with Crippen LogP contribution in [0.4, 0.5) is 0 Å². The summed E-state index contributed by atoms with van der Waals surface area (Å²) in [5, 5.41) is 11.7. The van der Waals surface area contributed by atoms with Crippen molar-refractivity contribution in [1.29, 1.82) is 0 Å². The summed E-state index contributed by atoms with van der Waals surface area (Å²) in [6.07, 6.45) is 0.00515. The lowest BCUT2D eigenvalue weighted by molar-refractivity contribution is -0.174. The van der Waals surface area contributed by atoms with Crippen molar-refractivity contribution in [3.05, 3.63) is 56.6 Å². The van der Waals surface area contributed by atoms with Gasteiger partial charge in [0, 0.05) is 45.1 Å². The van der Waals surface area contributed by atoms with Crippen LogP contribution in [0, 0.1) is 0 Å². The molecule has 0 amide bonds. The van der Waals surface area contributed by atoms with Gasteiger partial charge in [0.05, 0.1) is 26.3 Å². The summed E-state index contributed by atoms with van der Waals surface area (Å²) in [6, 6.07) is -3.79. The summed E-state index contributed by atoms with van der Waals surface area (Å²) in [6.45, 7) is 5.83. The van der Waals surface area contributed by atoms with E-state index in [0.29, 0.717) is 5.57 Å². The van der Waals surface area contributed by atoms with Crippen molar-refractivity contribution in [1.82, 2.24) is 9.80 Å². The second kappa shape index (κ2) is 9.89. The Labute approximate surface area is 246 Å². The molecule has 6 rings (SSSR count). The molecule has 0 aromatic heterocycles. The zero-order valence-electron chi connectivity index (χ0n) is 24.8. The number of nitrogens with zero attached hydrogens (tertiary/aromatic N) is 2. The van der Waals surface area contributed by atoms with Gasteiger partial charge in [0.1, 0.15) is 18.8 Å². The molecule has 0 saturated carbocycles. The van der Waals surface area contributed by atoms with Gasteiger partial charge in [-0.1, -0.05) is 6.08 Å². The van der Waals surface area contributed by atoms with Crippen molar-refractivity contribution in [2.24, 2.45) is 0 Å². The van der Waals surface area contributed by atoms with Crippen molar-refractivity contribution < 1.29 is 53.1 Å². The quantitative estimate of drug-likeness (QED) is 0.152. The number of ether oxygens (including phenoxy) is 3. The molecule has 2 bridgehead atoms. The second-order valence-corrected chi connectivity index (χ2v) is 11.4. The molecule has 6 aliphatic rings. The number of aliphatic hydroxyl groups is 1. The van der Waals surface area contributed by atoms with Crippen LogP contribution in [-0.4, -0.2) is 108 Å². The van der Waals surface area contributed by atoms with Crippen LogP contribution in [0.5, 0.6) is 0 Å². The molecule has 0 aromatic rings. The zero-order chi connectivity index (χ0) is 31.3. The van der Waals surface area contributed by atoms with Crippen molar-refractivity contribution in [2.45, 2.75) is 70.3 Å². The normalized spacial score (nSPS) is 32.3. The predicted octanol–water partition coefficient (Wildman–Crippen LogP) is 0.349. The zero-order valence-corrected chi connectivity index (χ0v) is 24.8. The Hall–Kier alpha value is -3.75. The van der Waals surface area contributed by atoms with Gasteiger partial charge >= 0.3 is 11.9 Å². The maximum atomic E-state index is 13.9. The van der Waals surface area contributed by atoms with Crippen LogP contribution in [0.15, 0.2) is 56.6 Å². The Balaban J connectivity index is 1.56. The number of hydrogen-bond donors (Lipinski definition) is 1. The average Bonchev–Trinajstić information content (AvgIpc) is 3.77. The Morgan fingerprint density at radius 3 is 2.12 bits per heavy atom. The molecule has 1 N–H and O–H groups in total. The first-order valence-corrected chi connectivity index (χ1v) is 13.9. The Kier molecular flexibility index (Phi) is 6.75. The molecular formula is C30H32N2O11. The van der Waals surface area contributed by atoms with Crippen molar-refractivity contribution in [3.8, 4) is 0 Å². The summed E-state index contributed by atoms with van der Waals surface area (Å²) in [4.78, 5) is 82.4. The number of carbonyl (C=O) groups excluding carboxylic acids is 5. The van der Waals surface area contributed by atoms with E-state index >= 15 is 0 Å². The topological polar surface area (TPSA) is 165 Å². The Bertz CT molecular complexity index is 1570. The highest BCUT2D eigenvalue weighted by Crippen LogP contribution is 2.57. The minimum absolute atomic E-state index is 0.0354. The molecule has 4 aliphatic heterocycles. The molecule has 0 unspecified atom stereocenters. The molecule has 0 radical (unpaired) electrons. The van der Waals surface area contributed by atoms with E-state index in [1.165, 1.54) is 28.1 Å². The van der Waals surface area contributed by atoms with Gasteiger partial charge in [-0.15, -0.1) is 0 Å². The standard InChI is InChI=1S/C30H32N2O11/c1-8-11(2)29(38)41-10-16-17-14(21(33)12(3)26(39-6)23(17)35)9-15-20-18-19(22(34)13(4)27(40-7)24(18)36)25(37)28(31(20)5)30(32(15)16)42-43-30/h8,15-16,20,25,28,37H,9-10H2,1-7H3/b11-8-/t15-,16+,20+,25-,28+/m1/s1. The fraction of sp³-hybridized carbons (Fsp3) is 0.500. The average molecular weight is 597 g/mol. The summed E-state index contributed by atoms with van der Waals surface area (Å²) >= 11 is 0. The molecule has 13 heteroatoms. The first-order chi connectivity index (χ1) is 20.4. The third kappa shape index (κ3) is 3.72. The number of methoxy groups -OCH3 is 2. The van der Waals surface area contributed by atoms with E-state index in [2.05, 4.69) is 0 Å². The number of carbonyl (C=O) groups is 5. The Morgan fingerprint density at radius 2 is 1.56 bits per heavy atom. The molecule has 43 heavy (non-hydrogen) atoms. The van der Waals surface area contributed by atoms with Crippen molar-refractivity contribution >= 4 is 29.1 Å². The maximum Gasteiger partial charge on any atom is 0.333 e. The minimum Gasteiger partial charge on any atom is -0.492 e. The number of aliphatic hydroxyl groups excluding tert-OH is 1. The van der Waals surface area contributed by atoms with E-state index < -0.39 is 65.3 Å². The van der Waals surface area contributed by atoms with Crippen LogP contribution in [-0.2, 0) is 48.0 Å². The number of ketones is 4. The second-order valence-electron chi connectivity index (χ2n) is 11.4. The SMILES string of the molecule is C/C=C(/C)C(=O)OC[C@H]1C2=C(C[C@@H]3[C@H]4C5=C(C(=O)C(C)=C(OC)C5=O)[C@@H](O)[C@H](N4C)C4(OO4)N31)C(=O)C(C)=C(OC)C2=O. The summed E-state index contributed by atoms with van der Waals surface area (Å²) < 4.78 is 16.3. The number of allylic oxidation sites excluding steroid dienone is 5. The molecule has 228 valence electrons. The predicted molar refractivity (Wildman–Crippen MR) is 144 cm³/mol. The van der Waals surface area contributed by atoms with Gasteiger partial charge in [-0.25, -0.2) is 9.69 Å². The van der Waals surface area contributed by atoms with Gasteiger partial charge in [0.15, 0.2) is 23.1 Å². The van der Waals surface area contributed by atoms with Gasteiger partial charge in [-0.2, -0.15) is 9.78 Å². The number of fused-ring (bicyclic) bond motifs is 7. The number of Topliss-reactive ketones (excluding diaryl/α,β-unsaturated/α-hetero) is 4. The van der Waals surface area contributed by atoms with E-state index in [1.807, 2.05) is 0 Å². The summed E-state index contributed by atoms with van der Waals surface area (Å²) in [5.74, 6) is -4.68. The molecule has 0 aromatic carbocycles. The van der Waals surface area contributed by atoms with E-state index in [9.17, 15) is 29.1 Å². The van der Waals surface area contributed by atoms with E-state index in [4.69, 9.17) is 24.0 Å². The van der Waals surface area contributed by atoms with Crippen LogP contribution >= 0.6 is 0 Å². The highest BCUT2D eigenvalue weighted by molar-refractivity contribution is 6.26. The van der Waals surface area contributed by atoms with Crippen molar-refractivity contribution in [2.75, 3.05) is 27.9 Å². The van der Waals surface area contributed by atoms with E-state index in [-0.39, 0.29) is 58.0 Å². The fourth-order valence-electron chi connectivity index (χ4n) is 7.36. The van der Waals surface area contributed by atoms with Crippen LogP contribution < -0.4 is 0 Å². The third-order valence-electron chi connectivity index (χ3n) is 9.49. The van der Waals surface area contributed by atoms with Crippen LogP contribution in [0.1, 0.15) is 34.1 Å². The molecule has 4 heterocycles. The maximum absolute atomic E-state index is 13.9. The number of rotatable bonds is 5. The minimum atomic E-state index is -1.70. The van der Waals surface area contributed by atoms with E-state index in [0.717, 1.165) is 0 Å². The van der Waals surface area contributed by atoms with Gasteiger partial charge < -0.3 is 19.3 Å². The molecule has 5 atom stereocenters. The first-order valence-electron chi connectivity index (χ1n) is 13.9. The monoisotopic (exact) mass is 596 g/mol. The largest absolute Gasteiger partial charge is 0.492 e. The number of piperazine rings is 1. The van der Waals surface area contributed by atoms with Gasteiger partial charge in [-0.3, -0.25) is 24.1 Å². The molecular weight excluding hydrogens is 564 g/mol. The van der Waals surface area contributed by atoms with Gasteiger partial charge in [0.25, 0.3) is 0 Å². The number of esters is 1. The van der Waals surface area contributed by atoms with Crippen LogP contribution in [0.3, 0.4) is 0 Å². The third-order valence-corrected chi connectivity index (χ3v) is 9.49. The van der Waals surface area contributed by atoms with Crippen LogP contribution in [0.25, 0.3) is 0 Å². The highest BCUT2D eigenvalue weighted by atomic mass is 17.4. The first kappa shape index (κ1) is 29.3. The molecule has 1 spiro atoms. The summed E-state index contributed by atoms with van der Waals surface area (Å²) in [5.41, 5.74) is 0.707. The lowest BCUT2D eigenvalue weighted by atomic mass is 9.67. The molecule has 2 aliphatic carbocycles. The van der Waals surface area contributed by atoms with E-state index in [1.54, 1.807) is 36.8 Å². The molecule has 2 fully saturated rings. The van der Waals surface area contributed by atoms with Crippen molar-refractivity contribution in [3.63, 3.8) is 0 Å². The Morgan fingerprint density at radius 1 is 0.977 bits per heavy atom. The molecule has 13 nitrogen and oxygen atoms in total. The highest BCUT2D eigenvalue weighted by Gasteiger charge is 2.76. The van der Waals surface area contributed by atoms with Crippen LogP contribution in [0.2, 0.25) is 0 Å². The van der Waals surface area contributed by atoms with Gasteiger partial charge in [0.2, 0.25) is 11.6 Å². The number of hydrogen-bond acceptors (Lipinski definition) is 13. The fourth-order valence-corrected chi connectivity index (χ4v) is 7.36. The lowest BCUT2D eigenvalue weighted by Gasteiger charge is -2.60. The lowest BCUT2D eigenvalue weighted by Crippen LogP contribution is -2.78. The van der Waals surface area contributed by atoms with Gasteiger partial charge in [-0.05, 0) is 41.2 Å².